The molecule has 0 atom stereocenters. The number of nitrogens with zero attached hydrogens (tertiary/aromatic N) is 4. The second-order valence-electron chi connectivity index (χ2n) is 3.91. The van der Waals surface area contributed by atoms with Crippen LogP contribution >= 0.6 is 0 Å². The number of hydrogen-bond donors (Lipinski definition) is 3. The maximum absolute atomic E-state index is 12.2. The first kappa shape index (κ1) is 14.1. The fourth-order valence-electron chi connectivity index (χ4n) is 1.38. The Balaban J connectivity index is 2.38. The van der Waals surface area contributed by atoms with Crippen molar-refractivity contribution >= 4 is 21.7 Å². The molecule has 0 amide bonds. The lowest BCUT2D eigenvalue weighted by Gasteiger charge is -2.09. The van der Waals surface area contributed by atoms with Crippen LogP contribution in [0.1, 0.15) is 11.4 Å². The van der Waals surface area contributed by atoms with Crippen molar-refractivity contribution in [1.29, 1.82) is 0 Å². The molecule has 0 aromatic carbocycles. The number of nitrogens with one attached hydrogen (secondary N) is 2. The van der Waals surface area contributed by atoms with E-state index in [-0.39, 0.29) is 16.7 Å². The lowest BCUT2D eigenvalue weighted by Crippen LogP contribution is -2.20. The Morgan fingerprint density at radius 2 is 1.95 bits per heavy atom. The second kappa shape index (κ2) is 5.35. The highest BCUT2D eigenvalue weighted by Crippen LogP contribution is 2.18. The Morgan fingerprint density at radius 1 is 1.20 bits per heavy atom. The first-order chi connectivity index (χ1) is 9.44. The third-order valence-corrected chi connectivity index (χ3v) is 3.78. The summed E-state index contributed by atoms with van der Waals surface area (Å²) < 4.78 is 26.6. The van der Waals surface area contributed by atoms with Crippen LogP contribution < -0.4 is 16.0 Å². The second-order valence-corrected chi connectivity index (χ2v) is 5.51. The number of anilines is 2. The normalized spacial score (nSPS) is 11.2. The summed E-state index contributed by atoms with van der Waals surface area (Å²) in [7, 11) is -3.95. The smallest absolute Gasteiger partial charge is 0.283 e. The average Bonchev–Trinajstić information content (AvgIpc) is 2.42. The van der Waals surface area contributed by atoms with Crippen molar-refractivity contribution in [1.82, 2.24) is 20.2 Å². The van der Waals surface area contributed by atoms with Crippen LogP contribution in [0.25, 0.3) is 0 Å². The summed E-state index contributed by atoms with van der Waals surface area (Å²) >= 11 is 0. The Morgan fingerprint density at radius 3 is 2.60 bits per heavy atom. The minimum absolute atomic E-state index is 0.123. The molecule has 20 heavy (non-hydrogen) atoms. The Kier molecular flexibility index (Phi) is 3.77. The topological polar surface area (TPSA) is 136 Å². The lowest BCUT2D eigenvalue weighted by molar-refractivity contribution is 0.597. The highest BCUT2D eigenvalue weighted by molar-refractivity contribution is 7.92. The van der Waals surface area contributed by atoms with Gasteiger partial charge in [-0.05, 0) is 26.0 Å². The van der Waals surface area contributed by atoms with Crippen molar-refractivity contribution in [3.8, 4) is 0 Å². The molecule has 0 saturated heterocycles. The summed E-state index contributed by atoms with van der Waals surface area (Å²) in [6.07, 6.45) is 1.34. The predicted octanol–water partition coefficient (Wildman–Crippen LogP) is -0.0302. The number of hydrazine groups is 1. The fourth-order valence-corrected chi connectivity index (χ4v) is 2.42. The quantitative estimate of drug-likeness (QED) is 0.528. The number of pyridine rings is 1. The molecule has 2 aromatic rings. The molecule has 0 spiro atoms. The number of aromatic nitrogens is 4. The molecule has 0 aliphatic rings. The standard InChI is InChI=1S/C10H13N7O2S/c1-6-7(2)15-16-10(13-6)17-20(18,19)9-8(14-11)4-3-5-12-9/h3-5,14H,11H2,1-2H3,(H,13,16,17). The van der Waals surface area contributed by atoms with Crippen molar-refractivity contribution in [2.24, 2.45) is 5.84 Å². The predicted molar refractivity (Wildman–Crippen MR) is 72.2 cm³/mol. The molecule has 0 fully saturated rings. The van der Waals surface area contributed by atoms with E-state index >= 15 is 0 Å². The SMILES string of the molecule is Cc1nnc(NS(=O)(=O)c2ncccc2NN)nc1C. The van der Waals surface area contributed by atoms with Gasteiger partial charge in [0.15, 0.2) is 0 Å². The first-order valence-corrected chi connectivity index (χ1v) is 7.04. The summed E-state index contributed by atoms with van der Waals surface area (Å²) in [5.74, 6) is 5.14. The van der Waals surface area contributed by atoms with Gasteiger partial charge in [0, 0.05) is 6.20 Å². The molecular formula is C10H13N7O2S. The molecule has 0 aliphatic carbocycles. The molecule has 10 heteroatoms. The summed E-state index contributed by atoms with van der Waals surface area (Å²) in [6, 6.07) is 3.04. The number of nitrogens with two attached hydrogens (primary N) is 1. The minimum atomic E-state index is -3.95. The molecular weight excluding hydrogens is 282 g/mol. The monoisotopic (exact) mass is 295 g/mol. The van der Waals surface area contributed by atoms with E-state index in [2.05, 4.69) is 30.3 Å². The van der Waals surface area contributed by atoms with Crippen molar-refractivity contribution in [3.63, 3.8) is 0 Å². The van der Waals surface area contributed by atoms with Gasteiger partial charge in [-0.3, -0.25) is 5.84 Å². The van der Waals surface area contributed by atoms with Gasteiger partial charge >= 0.3 is 0 Å². The molecule has 0 bridgehead atoms. The van der Waals surface area contributed by atoms with Gasteiger partial charge < -0.3 is 5.43 Å². The van der Waals surface area contributed by atoms with Crippen molar-refractivity contribution in [2.75, 3.05) is 10.1 Å². The van der Waals surface area contributed by atoms with E-state index in [1.54, 1.807) is 19.9 Å². The maximum atomic E-state index is 12.2. The van der Waals surface area contributed by atoms with Crippen LogP contribution in [0.5, 0.6) is 0 Å². The van der Waals surface area contributed by atoms with Crippen molar-refractivity contribution < 1.29 is 8.42 Å². The zero-order valence-corrected chi connectivity index (χ0v) is 11.6. The molecule has 4 N–H and O–H groups in total. The average molecular weight is 295 g/mol. The Labute approximate surface area is 115 Å². The molecule has 0 aliphatic heterocycles. The van der Waals surface area contributed by atoms with Gasteiger partial charge in [0.25, 0.3) is 16.0 Å². The van der Waals surface area contributed by atoms with Gasteiger partial charge in [-0.2, -0.15) is 13.5 Å². The van der Waals surface area contributed by atoms with E-state index < -0.39 is 10.0 Å². The molecule has 106 valence electrons. The van der Waals surface area contributed by atoms with Crippen LogP contribution in [0.4, 0.5) is 11.6 Å². The minimum Gasteiger partial charge on any atom is -0.321 e. The molecule has 2 heterocycles. The molecule has 2 rings (SSSR count). The van der Waals surface area contributed by atoms with Gasteiger partial charge in [0.1, 0.15) is 0 Å². The molecule has 2 aromatic heterocycles. The first-order valence-electron chi connectivity index (χ1n) is 5.56. The lowest BCUT2D eigenvalue weighted by atomic mass is 10.4. The molecule has 0 radical (unpaired) electrons. The van der Waals surface area contributed by atoms with Gasteiger partial charge in [-0.25, -0.2) is 14.7 Å². The Bertz CT molecular complexity index is 732. The number of hydrogen-bond acceptors (Lipinski definition) is 8. The van der Waals surface area contributed by atoms with E-state index in [4.69, 9.17) is 5.84 Å². The van der Waals surface area contributed by atoms with Gasteiger partial charge in [0.2, 0.25) is 5.03 Å². The van der Waals surface area contributed by atoms with Gasteiger partial charge in [-0.1, -0.05) is 0 Å². The highest BCUT2D eigenvalue weighted by Gasteiger charge is 2.21. The van der Waals surface area contributed by atoms with E-state index in [1.807, 2.05) is 0 Å². The molecule has 0 unspecified atom stereocenters. The fraction of sp³-hybridized carbons (Fsp3) is 0.200. The van der Waals surface area contributed by atoms with Gasteiger partial charge in [0.05, 0.1) is 17.1 Å². The van der Waals surface area contributed by atoms with Crippen LogP contribution in [0.15, 0.2) is 23.4 Å². The van der Waals surface area contributed by atoms with Crippen LogP contribution in [0.2, 0.25) is 0 Å². The third-order valence-electron chi connectivity index (χ3n) is 2.50. The number of sulfonamides is 1. The number of rotatable bonds is 4. The van der Waals surface area contributed by atoms with Crippen LogP contribution in [-0.2, 0) is 10.0 Å². The van der Waals surface area contributed by atoms with E-state index in [1.165, 1.54) is 12.3 Å². The zero-order chi connectivity index (χ0) is 14.8. The summed E-state index contributed by atoms with van der Waals surface area (Å²) in [4.78, 5) is 7.78. The van der Waals surface area contributed by atoms with Crippen LogP contribution in [-0.4, -0.2) is 28.6 Å². The zero-order valence-electron chi connectivity index (χ0n) is 10.8. The molecule has 0 saturated carbocycles. The number of aryl methyl sites for hydroxylation is 2. The van der Waals surface area contributed by atoms with E-state index in [0.717, 1.165) is 0 Å². The summed E-state index contributed by atoms with van der Waals surface area (Å²) in [6.45, 7) is 3.43. The van der Waals surface area contributed by atoms with Crippen LogP contribution in [0.3, 0.4) is 0 Å². The van der Waals surface area contributed by atoms with Gasteiger partial charge in [-0.15, -0.1) is 5.10 Å². The van der Waals surface area contributed by atoms with Crippen molar-refractivity contribution in [2.45, 2.75) is 18.9 Å². The van der Waals surface area contributed by atoms with E-state index in [0.29, 0.717) is 11.4 Å². The number of nitrogen functional groups attached to an aromatic ring is 1. The van der Waals surface area contributed by atoms with E-state index in [9.17, 15) is 8.42 Å². The Hall–Kier alpha value is -2.33. The van der Waals surface area contributed by atoms with Crippen LogP contribution in [0, 0.1) is 13.8 Å². The van der Waals surface area contributed by atoms with Crippen molar-refractivity contribution in [3.05, 3.63) is 29.7 Å². The maximum Gasteiger partial charge on any atom is 0.283 e. The molecule has 9 nitrogen and oxygen atoms in total. The summed E-state index contributed by atoms with van der Waals surface area (Å²) in [5.41, 5.74) is 3.63. The third kappa shape index (κ3) is 2.81. The highest BCUT2D eigenvalue weighted by atomic mass is 32.2. The largest absolute Gasteiger partial charge is 0.321 e. The summed E-state index contributed by atoms with van der Waals surface area (Å²) in [5, 5.41) is 7.23.